The largest absolute Gasteiger partial charge is 0.481 e. The first-order valence-corrected chi connectivity index (χ1v) is 5.53. The Morgan fingerprint density at radius 1 is 1.53 bits per heavy atom. The molecule has 1 aromatic rings. The van der Waals surface area contributed by atoms with Gasteiger partial charge in [-0.05, 0) is 26.2 Å². The summed E-state index contributed by atoms with van der Waals surface area (Å²) in [6.07, 6.45) is 3.18. The van der Waals surface area contributed by atoms with E-state index in [2.05, 4.69) is 10.5 Å². The van der Waals surface area contributed by atoms with Gasteiger partial charge in [0.25, 0.3) is 5.91 Å². The molecule has 1 fully saturated rings. The number of rotatable bonds is 3. The van der Waals surface area contributed by atoms with Gasteiger partial charge < -0.3 is 14.9 Å². The minimum Gasteiger partial charge on any atom is -0.481 e. The molecule has 2 N–H and O–H groups in total. The number of aryl methyl sites for hydroxylation is 1. The first-order valence-electron chi connectivity index (χ1n) is 5.53. The Bertz CT molecular complexity index is 440. The van der Waals surface area contributed by atoms with Gasteiger partial charge >= 0.3 is 5.97 Å². The molecule has 0 saturated heterocycles. The minimum absolute atomic E-state index is 0.0714. The lowest BCUT2D eigenvalue weighted by atomic mass is 10.1. The number of amides is 1. The van der Waals surface area contributed by atoms with Crippen LogP contribution in [0.25, 0.3) is 0 Å². The Morgan fingerprint density at radius 2 is 2.29 bits per heavy atom. The lowest BCUT2D eigenvalue weighted by Crippen LogP contribution is -2.33. The number of hydrogen-bond acceptors (Lipinski definition) is 4. The summed E-state index contributed by atoms with van der Waals surface area (Å²) in [6.45, 7) is 1.66. The number of carbonyl (C=O) groups is 2. The molecule has 0 aliphatic heterocycles. The smallest absolute Gasteiger partial charge is 0.306 e. The van der Waals surface area contributed by atoms with Crippen LogP contribution >= 0.6 is 0 Å². The van der Waals surface area contributed by atoms with Crippen LogP contribution < -0.4 is 5.32 Å². The molecule has 2 unspecified atom stereocenters. The Balaban J connectivity index is 1.93. The Kier molecular flexibility index (Phi) is 3.12. The normalized spacial score (nSPS) is 23.6. The Labute approximate surface area is 98.0 Å². The zero-order chi connectivity index (χ0) is 12.4. The molecule has 0 radical (unpaired) electrons. The first-order chi connectivity index (χ1) is 8.08. The van der Waals surface area contributed by atoms with E-state index in [0.717, 1.165) is 0 Å². The third-order valence-corrected chi connectivity index (χ3v) is 3.11. The van der Waals surface area contributed by atoms with Gasteiger partial charge in [0.2, 0.25) is 0 Å². The predicted molar refractivity (Wildman–Crippen MR) is 57.5 cm³/mol. The lowest BCUT2D eigenvalue weighted by molar-refractivity contribution is -0.141. The van der Waals surface area contributed by atoms with Crippen molar-refractivity contribution in [2.75, 3.05) is 0 Å². The van der Waals surface area contributed by atoms with Gasteiger partial charge in [-0.25, -0.2) is 0 Å². The zero-order valence-corrected chi connectivity index (χ0v) is 9.47. The second-order valence-electron chi connectivity index (χ2n) is 4.31. The minimum atomic E-state index is -0.789. The van der Waals surface area contributed by atoms with Gasteiger partial charge in [0, 0.05) is 6.04 Å². The van der Waals surface area contributed by atoms with Gasteiger partial charge in [0.05, 0.1) is 12.1 Å². The van der Waals surface area contributed by atoms with Crippen LogP contribution in [0.4, 0.5) is 0 Å². The van der Waals surface area contributed by atoms with Crippen molar-refractivity contribution in [2.24, 2.45) is 5.92 Å². The maximum Gasteiger partial charge on any atom is 0.306 e. The number of hydrogen-bond donors (Lipinski definition) is 2. The van der Waals surface area contributed by atoms with E-state index in [0.29, 0.717) is 30.6 Å². The molecule has 2 atom stereocenters. The molecular weight excluding hydrogens is 224 g/mol. The molecule has 1 aliphatic rings. The summed E-state index contributed by atoms with van der Waals surface area (Å²) in [5.74, 6) is -0.915. The van der Waals surface area contributed by atoms with Gasteiger partial charge in [0.15, 0.2) is 0 Å². The van der Waals surface area contributed by atoms with Crippen molar-refractivity contribution in [1.82, 2.24) is 10.5 Å². The molecular formula is C11H14N2O4. The van der Waals surface area contributed by atoms with Gasteiger partial charge in [-0.2, -0.15) is 0 Å². The SMILES string of the molecule is Cc1oncc1C(=O)NC1CCC(C(=O)O)C1. The van der Waals surface area contributed by atoms with Crippen LogP contribution in [0, 0.1) is 12.8 Å². The van der Waals surface area contributed by atoms with E-state index in [1.807, 2.05) is 0 Å². The fourth-order valence-corrected chi connectivity index (χ4v) is 2.12. The molecule has 2 rings (SSSR count). The highest BCUT2D eigenvalue weighted by Gasteiger charge is 2.31. The van der Waals surface area contributed by atoms with Crippen molar-refractivity contribution in [1.29, 1.82) is 0 Å². The predicted octanol–water partition coefficient (Wildman–Crippen LogP) is 0.966. The summed E-state index contributed by atoms with van der Waals surface area (Å²) >= 11 is 0. The van der Waals surface area contributed by atoms with Gasteiger partial charge in [0.1, 0.15) is 11.3 Å². The summed E-state index contributed by atoms with van der Waals surface area (Å²) in [6, 6.07) is -0.0714. The number of aromatic nitrogens is 1. The van der Waals surface area contributed by atoms with E-state index < -0.39 is 5.97 Å². The van der Waals surface area contributed by atoms with Gasteiger partial charge in [-0.1, -0.05) is 5.16 Å². The van der Waals surface area contributed by atoms with E-state index in [-0.39, 0.29) is 17.9 Å². The van der Waals surface area contributed by atoms with Crippen molar-refractivity contribution < 1.29 is 19.2 Å². The van der Waals surface area contributed by atoms with Crippen molar-refractivity contribution in [3.05, 3.63) is 17.5 Å². The number of carbonyl (C=O) groups excluding carboxylic acids is 1. The van der Waals surface area contributed by atoms with Crippen molar-refractivity contribution in [3.63, 3.8) is 0 Å². The second-order valence-corrected chi connectivity index (χ2v) is 4.31. The average Bonchev–Trinajstić information content (AvgIpc) is 2.86. The molecule has 6 nitrogen and oxygen atoms in total. The fourth-order valence-electron chi connectivity index (χ4n) is 2.12. The Hall–Kier alpha value is -1.85. The van der Waals surface area contributed by atoms with Crippen LogP contribution in [-0.4, -0.2) is 28.2 Å². The van der Waals surface area contributed by atoms with Crippen molar-refractivity contribution >= 4 is 11.9 Å². The van der Waals surface area contributed by atoms with Crippen LogP contribution in [0.2, 0.25) is 0 Å². The lowest BCUT2D eigenvalue weighted by Gasteiger charge is -2.11. The van der Waals surface area contributed by atoms with E-state index in [1.165, 1.54) is 6.20 Å². The van der Waals surface area contributed by atoms with Crippen LogP contribution in [0.5, 0.6) is 0 Å². The number of carboxylic acids is 1. The summed E-state index contributed by atoms with van der Waals surface area (Å²) < 4.78 is 4.80. The molecule has 0 spiro atoms. The van der Waals surface area contributed by atoms with E-state index in [4.69, 9.17) is 9.63 Å². The molecule has 92 valence electrons. The van der Waals surface area contributed by atoms with E-state index in [1.54, 1.807) is 6.92 Å². The third kappa shape index (κ3) is 2.46. The fraction of sp³-hybridized carbons (Fsp3) is 0.545. The molecule has 0 aromatic carbocycles. The molecule has 1 saturated carbocycles. The topological polar surface area (TPSA) is 92.4 Å². The summed E-state index contributed by atoms with van der Waals surface area (Å²) in [7, 11) is 0. The standard InChI is InChI=1S/C11H14N2O4/c1-6-9(5-12-17-6)10(14)13-8-3-2-7(4-8)11(15)16/h5,7-8H,2-4H2,1H3,(H,13,14)(H,15,16). The molecule has 1 amide bonds. The van der Waals surface area contributed by atoms with E-state index in [9.17, 15) is 9.59 Å². The van der Waals surface area contributed by atoms with Crippen LogP contribution in [0.1, 0.15) is 35.4 Å². The van der Waals surface area contributed by atoms with Crippen LogP contribution in [0.15, 0.2) is 10.7 Å². The first kappa shape index (κ1) is 11.6. The maximum atomic E-state index is 11.8. The highest BCUT2D eigenvalue weighted by molar-refractivity contribution is 5.95. The van der Waals surface area contributed by atoms with Crippen molar-refractivity contribution in [2.45, 2.75) is 32.2 Å². The quantitative estimate of drug-likeness (QED) is 0.818. The summed E-state index contributed by atoms with van der Waals surface area (Å²) in [5.41, 5.74) is 0.406. The summed E-state index contributed by atoms with van der Waals surface area (Å²) in [4.78, 5) is 22.6. The van der Waals surface area contributed by atoms with Crippen LogP contribution in [-0.2, 0) is 4.79 Å². The van der Waals surface area contributed by atoms with Crippen molar-refractivity contribution in [3.8, 4) is 0 Å². The maximum absolute atomic E-state index is 11.8. The summed E-state index contributed by atoms with van der Waals surface area (Å²) in [5, 5.41) is 15.2. The van der Waals surface area contributed by atoms with Crippen LogP contribution in [0.3, 0.4) is 0 Å². The van der Waals surface area contributed by atoms with Gasteiger partial charge in [-0.15, -0.1) is 0 Å². The third-order valence-electron chi connectivity index (χ3n) is 3.11. The molecule has 1 heterocycles. The Morgan fingerprint density at radius 3 is 2.82 bits per heavy atom. The highest BCUT2D eigenvalue weighted by Crippen LogP contribution is 2.25. The number of carboxylic acid groups (broad SMARTS) is 1. The molecule has 6 heteroatoms. The number of aliphatic carboxylic acids is 1. The molecule has 0 bridgehead atoms. The monoisotopic (exact) mass is 238 g/mol. The zero-order valence-electron chi connectivity index (χ0n) is 9.47. The number of nitrogens with zero attached hydrogens (tertiary/aromatic N) is 1. The average molecular weight is 238 g/mol. The molecule has 1 aliphatic carbocycles. The molecule has 17 heavy (non-hydrogen) atoms. The molecule has 1 aromatic heterocycles. The van der Waals surface area contributed by atoms with Gasteiger partial charge in [-0.3, -0.25) is 9.59 Å². The second kappa shape index (κ2) is 4.57. The van der Waals surface area contributed by atoms with E-state index >= 15 is 0 Å². The number of nitrogens with one attached hydrogen (secondary N) is 1. The highest BCUT2D eigenvalue weighted by atomic mass is 16.5.